The van der Waals surface area contributed by atoms with E-state index in [1.54, 1.807) is 0 Å². The third-order valence-electron chi connectivity index (χ3n) is 3.24. The topological polar surface area (TPSA) is 77.8 Å². The number of amides is 1. The second-order valence-corrected chi connectivity index (χ2v) is 4.95. The predicted molar refractivity (Wildman–Crippen MR) is 69.4 cm³/mol. The molecule has 19 heavy (non-hydrogen) atoms. The Kier molecular flexibility index (Phi) is 3.95. The molecule has 2 N–H and O–H groups in total. The minimum Gasteiger partial charge on any atom is -0.507 e. The van der Waals surface area contributed by atoms with Crippen molar-refractivity contribution in [2.24, 2.45) is 0 Å². The van der Waals surface area contributed by atoms with E-state index in [9.17, 15) is 14.7 Å². The molecule has 1 atom stereocenters. The summed E-state index contributed by atoms with van der Waals surface area (Å²) in [7, 11) is 0. The number of likely N-dealkylation sites (tertiary alicyclic amines) is 1. The van der Waals surface area contributed by atoms with Crippen LogP contribution in [0.5, 0.6) is 5.75 Å². The average molecular weight is 284 g/mol. The number of piperidine rings is 1. The number of hydrogen-bond donors (Lipinski definition) is 2. The maximum Gasteiger partial charge on any atom is 0.326 e. The number of carboxylic acid groups (broad SMARTS) is 1. The number of phenols is 1. The van der Waals surface area contributed by atoms with Gasteiger partial charge in [-0.15, -0.1) is 0 Å². The minimum atomic E-state index is -1.02. The number of nitrogens with zero attached hydrogens (tertiary/aromatic N) is 1. The van der Waals surface area contributed by atoms with Crippen molar-refractivity contribution < 1.29 is 19.8 Å². The summed E-state index contributed by atoms with van der Waals surface area (Å²) in [6.07, 6.45) is 1.97. The number of hydrogen-bond acceptors (Lipinski definition) is 3. The predicted octanol–water partition coefficient (Wildman–Crippen LogP) is 2.12. The van der Waals surface area contributed by atoms with E-state index in [1.165, 1.54) is 23.1 Å². The molecule has 0 unspecified atom stereocenters. The van der Waals surface area contributed by atoms with Crippen LogP contribution in [0, 0.1) is 0 Å². The molecule has 0 saturated carbocycles. The lowest BCUT2D eigenvalue weighted by atomic mass is 10.0. The number of carbonyl (C=O) groups excluding carboxylic acids is 1. The molecule has 0 spiro atoms. The van der Waals surface area contributed by atoms with Crippen LogP contribution < -0.4 is 0 Å². The molecule has 1 amide bonds. The van der Waals surface area contributed by atoms with Gasteiger partial charge in [0, 0.05) is 11.6 Å². The van der Waals surface area contributed by atoms with Crippen LogP contribution >= 0.6 is 11.6 Å². The largest absolute Gasteiger partial charge is 0.507 e. The first-order valence-corrected chi connectivity index (χ1v) is 6.41. The molecule has 0 bridgehead atoms. The summed E-state index contributed by atoms with van der Waals surface area (Å²) >= 11 is 5.80. The summed E-state index contributed by atoms with van der Waals surface area (Å²) in [5.41, 5.74) is 0.0423. The maximum absolute atomic E-state index is 12.3. The lowest BCUT2D eigenvalue weighted by Crippen LogP contribution is -2.48. The number of halogens is 1. The number of rotatable bonds is 2. The van der Waals surface area contributed by atoms with Crippen LogP contribution in [0.4, 0.5) is 0 Å². The molecule has 1 aromatic rings. The number of aliphatic carboxylic acids is 1. The van der Waals surface area contributed by atoms with Crippen LogP contribution in [-0.4, -0.2) is 39.6 Å². The molecule has 5 nitrogen and oxygen atoms in total. The molecule has 1 aliphatic rings. The molecule has 0 aromatic heterocycles. The third-order valence-corrected chi connectivity index (χ3v) is 3.47. The van der Waals surface area contributed by atoms with Gasteiger partial charge in [0.2, 0.25) is 0 Å². The van der Waals surface area contributed by atoms with Crippen LogP contribution in [0.2, 0.25) is 5.02 Å². The number of phenolic OH excluding ortho intramolecular Hbond substituents is 1. The number of benzene rings is 1. The molecule has 1 aromatic carbocycles. The Labute approximate surface area is 115 Å². The van der Waals surface area contributed by atoms with E-state index in [-0.39, 0.29) is 11.3 Å². The van der Waals surface area contributed by atoms with Crippen molar-refractivity contribution in [3.63, 3.8) is 0 Å². The molecule has 1 heterocycles. The lowest BCUT2D eigenvalue weighted by molar-refractivity contribution is -0.143. The van der Waals surface area contributed by atoms with Crippen molar-refractivity contribution in [1.82, 2.24) is 4.90 Å². The van der Waals surface area contributed by atoms with Gasteiger partial charge in [0.25, 0.3) is 5.91 Å². The second-order valence-electron chi connectivity index (χ2n) is 4.51. The Morgan fingerprint density at radius 2 is 2.05 bits per heavy atom. The van der Waals surface area contributed by atoms with E-state index >= 15 is 0 Å². The van der Waals surface area contributed by atoms with E-state index in [4.69, 9.17) is 16.7 Å². The van der Waals surface area contributed by atoms with Gasteiger partial charge in [-0.25, -0.2) is 4.79 Å². The highest BCUT2D eigenvalue weighted by atomic mass is 35.5. The SMILES string of the molecule is O=C(O)[C@H]1CCCCN1C(=O)c1cc(Cl)ccc1O. The zero-order valence-electron chi connectivity index (χ0n) is 10.2. The maximum atomic E-state index is 12.3. The third kappa shape index (κ3) is 2.81. The zero-order valence-corrected chi connectivity index (χ0v) is 10.9. The minimum absolute atomic E-state index is 0.0423. The molecular weight excluding hydrogens is 270 g/mol. The molecule has 1 aliphatic heterocycles. The van der Waals surface area contributed by atoms with Crippen LogP contribution in [0.1, 0.15) is 29.6 Å². The molecule has 0 radical (unpaired) electrons. The van der Waals surface area contributed by atoms with Gasteiger partial charge in [-0.3, -0.25) is 4.79 Å². The van der Waals surface area contributed by atoms with Crippen LogP contribution in [-0.2, 0) is 4.79 Å². The first-order valence-electron chi connectivity index (χ1n) is 6.03. The van der Waals surface area contributed by atoms with Gasteiger partial charge in [0.15, 0.2) is 0 Å². The highest BCUT2D eigenvalue weighted by molar-refractivity contribution is 6.31. The van der Waals surface area contributed by atoms with Crippen molar-refractivity contribution in [2.75, 3.05) is 6.54 Å². The standard InChI is InChI=1S/C13H14ClNO4/c14-8-4-5-11(16)9(7-8)12(17)15-6-2-1-3-10(15)13(18)19/h4-5,7,10,16H,1-3,6H2,(H,18,19)/t10-/m1/s1. The zero-order chi connectivity index (χ0) is 14.0. The van der Waals surface area contributed by atoms with Crippen molar-refractivity contribution in [3.05, 3.63) is 28.8 Å². The number of carboxylic acids is 1. The lowest BCUT2D eigenvalue weighted by Gasteiger charge is -2.33. The Morgan fingerprint density at radius 3 is 2.74 bits per heavy atom. The molecule has 1 saturated heterocycles. The Hall–Kier alpha value is -1.75. The monoisotopic (exact) mass is 283 g/mol. The Bertz CT molecular complexity index is 517. The van der Waals surface area contributed by atoms with Gasteiger partial charge in [0.1, 0.15) is 11.8 Å². The van der Waals surface area contributed by atoms with E-state index in [0.717, 1.165) is 12.8 Å². The molecular formula is C13H14ClNO4. The van der Waals surface area contributed by atoms with Crippen LogP contribution in [0.15, 0.2) is 18.2 Å². The van der Waals surface area contributed by atoms with E-state index < -0.39 is 17.9 Å². The summed E-state index contributed by atoms with van der Waals surface area (Å²) in [6.45, 7) is 0.377. The van der Waals surface area contributed by atoms with Crippen LogP contribution in [0.3, 0.4) is 0 Å². The van der Waals surface area contributed by atoms with Gasteiger partial charge in [0.05, 0.1) is 5.56 Å². The van der Waals surface area contributed by atoms with E-state index in [2.05, 4.69) is 0 Å². The highest BCUT2D eigenvalue weighted by Crippen LogP contribution is 2.26. The fourth-order valence-corrected chi connectivity index (χ4v) is 2.44. The highest BCUT2D eigenvalue weighted by Gasteiger charge is 2.33. The fraction of sp³-hybridized carbons (Fsp3) is 0.385. The number of aromatic hydroxyl groups is 1. The van der Waals surface area contributed by atoms with Crippen molar-refractivity contribution in [1.29, 1.82) is 0 Å². The normalized spacial score (nSPS) is 19.2. The van der Waals surface area contributed by atoms with Gasteiger partial charge in [-0.05, 0) is 37.5 Å². The summed E-state index contributed by atoms with van der Waals surface area (Å²) < 4.78 is 0. The van der Waals surface area contributed by atoms with Crippen molar-refractivity contribution >= 4 is 23.5 Å². The van der Waals surface area contributed by atoms with Gasteiger partial charge in [-0.2, -0.15) is 0 Å². The summed E-state index contributed by atoms with van der Waals surface area (Å²) in [6, 6.07) is 3.32. The fourth-order valence-electron chi connectivity index (χ4n) is 2.27. The second kappa shape index (κ2) is 5.48. The first-order chi connectivity index (χ1) is 9.00. The molecule has 2 rings (SSSR count). The molecule has 102 valence electrons. The smallest absolute Gasteiger partial charge is 0.326 e. The van der Waals surface area contributed by atoms with Gasteiger partial charge < -0.3 is 15.1 Å². The van der Waals surface area contributed by atoms with Gasteiger partial charge >= 0.3 is 5.97 Å². The van der Waals surface area contributed by atoms with E-state index in [0.29, 0.717) is 18.0 Å². The summed E-state index contributed by atoms with van der Waals surface area (Å²) in [4.78, 5) is 24.8. The first kappa shape index (κ1) is 13.7. The van der Waals surface area contributed by atoms with Gasteiger partial charge in [-0.1, -0.05) is 11.6 Å². The quantitative estimate of drug-likeness (QED) is 0.871. The van der Waals surface area contributed by atoms with Crippen molar-refractivity contribution in [3.8, 4) is 5.75 Å². The molecule has 6 heteroatoms. The number of carbonyl (C=O) groups is 2. The van der Waals surface area contributed by atoms with Crippen LogP contribution in [0.25, 0.3) is 0 Å². The van der Waals surface area contributed by atoms with E-state index in [1.807, 2.05) is 0 Å². The Morgan fingerprint density at radius 1 is 1.32 bits per heavy atom. The Balaban J connectivity index is 2.31. The molecule has 1 fully saturated rings. The average Bonchev–Trinajstić information content (AvgIpc) is 2.40. The summed E-state index contributed by atoms with van der Waals surface area (Å²) in [5.74, 6) is -1.70. The summed E-state index contributed by atoms with van der Waals surface area (Å²) in [5, 5.41) is 19.2. The molecule has 0 aliphatic carbocycles. The van der Waals surface area contributed by atoms with Crippen molar-refractivity contribution in [2.45, 2.75) is 25.3 Å².